The Morgan fingerprint density at radius 2 is 1.80 bits per heavy atom. The van der Waals surface area contributed by atoms with Crippen molar-refractivity contribution in [2.24, 2.45) is 5.73 Å². The van der Waals surface area contributed by atoms with Crippen LogP contribution in [-0.4, -0.2) is 33.6 Å². The van der Waals surface area contributed by atoms with Crippen LogP contribution in [0, 0.1) is 0 Å². The fraction of sp³-hybridized carbons (Fsp3) is 0.667. The van der Waals surface area contributed by atoms with E-state index in [4.69, 9.17) is 21.1 Å². The molecular formula is C6H13NO3. The molecule has 3 atom stereocenters. The third kappa shape index (κ3) is 2.82. The highest BCUT2D eigenvalue weighted by molar-refractivity contribution is 4.90. The molecule has 0 saturated carbocycles. The van der Waals surface area contributed by atoms with Gasteiger partial charge in [-0.3, -0.25) is 0 Å². The summed E-state index contributed by atoms with van der Waals surface area (Å²) in [5, 5.41) is 26.6. The second kappa shape index (κ2) is 4.27. The molecule has 0 unspecified atom stereocenters. The Labute approximate surface area is 59.6 Å². The van der Waals surface area contributed by atoms with Crippen LogP contribution in [0.5, 0.6) is 0 Å². The highest BCUT2D eigenvalue weighted by atomic mass is 16.4. The van der Waals surface area contributed by atoms with Crippen molar-refractivity contribution < 1.29 is 15.3 Å². The summed E-state index contributed by atoms with van der Waals surface area (Å²) in [5.74, 6) is 0. The van der Waals surface area contributed by atoms with Gasteiger partial charge in [0.25, 0.3) is 0 Å². The first-order valence-electron chi connectivity index (χ1n) is 3.02. The molecule has 4 heteroatoms. The summed E-state index contributed by atoms with van der Waals surface area (Å²) in [7, 11) is 0. The van der Waals surface area contributed by atoms with Gasteiger partial charge in [-0.1, -0.05) is 0 Å². The Kier molecular flexibility index (Phi) is 4.02. The molecule has 0 radical (unpaired) electrons. The van der Waals surface area contributed by atoms with E-state index in [0.29, 0.717) is 0 Å². The fourth-order valence-electron chi connectivity index (χ4n) is 0.513. The minimum atomic E-state index is -1.17. The van der Waals surface area contributed by atoms with Crippen molar-refractivity contribution in [3.63, 3.8) is 0 Å². The van der Waals surface area contributed by atoms with Crippen molar-refractivity contribution in [1.29, 1.82) is 0 Å². The molecule has 0 bridgehead atoms. The number of aliphatic hydroxyl groups is 3. The SMILES string of the molecule is C[C@H](O)[C@H](O)[C@@H](O)C=CN. The molecule has 0 rings (SSSR count). The van der Waals surface area contributed by atoms with Gasteiger partial charge in [0, 0.05) is 0 Å². The van der Waals surface area contributed by atoms with E-state index in [0.717, 1.165) is 6.20 Å². The molecule has 0 aromatic heterocycles. The predicted octanol–water partition coefficient (Wildman–Crippen LogP) is -1.44. The average molecular weight is 147 g/mol. The summed E-state index contributed by atoms with van der Waals surface area (Å²) in [6.07, 6.45) is -0.885. The van der Waals surface area contributed by atoms with Gasteiger partial charge in [-0.2, -0.15) is 0 Å². The molecule has 0 aromatic rings. The number of rotatable bonds is 3. The topological polar surface area (TPSA) is 86.7 Å². The summed E-state index contributed by atoms with van der Waals surface area (Å²) >= 11 is 0. The second-order valence-electron chi connectivity index (χ2n) is 2.11. The van der Waals surface area contributed by atoms with Gasteiger partial charge in [0.1, 0.15) is 12.2 Å². The average Bonchev–Trinajstić information content (AvgIpc) is 1.87. The molecule has 0 fully saturated rings. The number of hydrogen-bond acceptors (Lipinski definition) is 4. The van der Waals surface area contributed by atoms with Crippen molar-refractivity contribution >= 4 is 0 Å². The molecule has 0 aromatic carbocycles. The molecule has 0 spiro atoms. The first-order chi connectivity index (χ1) is 4.59. The van der Waals surface area contributed by atoms with Gasteiger partial charge in [0.15, 0.2) is 0 Å². The van der Waals surface area contributed by atoms with E-state index in [1.54, 1.807) is 0 Å². The number of nitrogens with two attached hydrogens (primary N) is 1. The second-order valence-corrected chi connectivity index (χ2v) is 2.11. The van der Waals surface area contributed by atoms with Gasteiger partial charge in [0.2, 0.25) is 0 Å². The van der Waals surface area contributed by atoms with Crippen LogP contribution in [0.2, 0.25) is 0 Å². The summed E-state index contributed by atoms with van der Waals surface area (Å²) in [6, 6.07) is 0. The standard InChI is InChI=1S/C6H13NO3/c1-4(8)6(10)5(9)2-3-7/h2-6,8-10H,7H2,1H3/t4-,5-,6-/m0/s1. The van der Waals surface area contributed by atoms with Gasteiger partial charge in [-0.25, -0.2) is 0 Å². The summed E-state index contributed by atoms with van der Waals surface area (Å²) in [6.45, 7) is 1.39. The molecule has 0 heterocycles. The minimum absolute atomic E-state index is 0.953. The van der Waals surface area contributed by atoms with Crippen LogP contribution in [0.1, 0.15) is 6.92 Å². The molecular weight excluding hydrogens is 134 g/mol. The molecule has 0 saturated heterocycles. The summed E-state index contributed by atoms with van der Waals surface area (Å²) < 4.78 is 0. The van der Waals surface area contributed by atoms with Gasteiger partial charge in [0.05, 0.1) is 6.10 Å². The molecule has 0 aliphatic heterocycles. The lowest BCUT2D eigenvalue weighted by atomic mass is 10.1. The van der Waals surface area contributed by atoms with E-state index in [-0.39, 0.29) is 0 Å². The van der Waals surface area contributed by atoms with Crippen molar-refractivity contribution in [2.75, 3.05) is 0 Å². The van der Waals surface area contributed by atoms with Crippen molar-refractivity contribution in [2.45, 2.75) is 25.2 Å². The van der Waals surface area contributed by atoms with Crippen LogP contribution < -0.4 is 5.73 Å². The maximum absolute atomic E-state index is 8.92. The van der Waals surface area contributed by atoms with E-state index in [2.05, 4.69) is 0 Å². The van der Waals surface area contributed by atoms with Crippen LogP contribution >= 0.6 is 0 Å². The minimum Gasteiger partial charge on any atom is -0.405 e. The lowest BCUT2D eigenvalue weighted by molar-refractivity contribution is -0.0328. The Morgan fingerprint density at radius 1 is 1.30 bits per heavy atom. The van der Waals surface area contributed by atoms with Crippen molar-refractivity contribution in [1.82, 2.24) is 0 Å². The quantitative estimate of drug-likeness (QED) is 0.394. The van der Waals surface area contributed by atoms with Gasteiger partial charge < -0.3 is 21.1 Å². The highest BCUT2D eigenvalue weighted by Crippen LogP contribution is 1.99. The first-order valence-corrected chi connectivity index (χ1v) is 3.02. The summed E-state index contributed by atoms with van der Waals surface area (Å²) in [5.41, 5.74) is 4.93. The van der Waals surface area contributed by atoms with E-state index >= 15 is 0 Å². The third-order valence-electron chi connectivity index (χ3n) is 1.15. The third-order valence-corrected chi connectivity index (χ3v) is 1.15. The Bertz CT molecular complexity index is 114. The zero-order valence-electron chi connectivity index (χ0n) is 5.81. The molecule has 5 N–H and O–H groups in total. The van der Waals surface area contributed by atoms with Crippen LogP contribution in [-0.2, 0) is 0 Å². The molecule has 60 valence electrons. The molecule has 0 amide bonds. The van der Waals surface area contributed by atoms with Crippen LogP contribution in [0.3, 0.4) is 0 Å². The monoisotopic (exact) mass is 147 g/mol. The zero-order chi connectivity index (χ0) is 8.15. The van der Waals surface area contributed by atoms with Gasteiger partial charge in [-0.15, -0.1) is 0 Å². The smallest absolute Gasteiger partial charge is 0.109 e. The van der Waals surface area contributed by atoms with E-state index in [1.165, 1.54) is 13.0 Å². The number of hydrogen-bond donors (Lipinski definition) is 4. The molecule has 0 aliphatic carbocycles. The highest BCUT2D eigenvalue weighted by Gasteiger charge is 2.17. The molecule has 10 heavy (non-hydrogen) atoms. The lowest BCUT2D eigenvalue weighted by Crippen LogP contribution is -2.34. The summed E-state index contributed by atoms with van der Waals surface area (Å²) in [4.78, 5) is 0. The normalized spacial score (nSPS) is 20.8. The van der Waals surface area contributed by atoms with Crippen LogP contribution in [0.4, 0.5) is 0 Å². The fourth-order valence-corrected chi connectivity index (χ4v) is 0.513. The maximum atomic E-state index is 8.92. The number of aliphatic hydroxyl groups excluding tert-OH is 3. The van der Waals surface area contributed by atoms with Crippen LogP contribution in [0.25, 0.3) is 0 Å². The van der Waals surface area contributed by atoms with Crippen LogP contribution in [0.15, 0.2) is 12.3 Å². The Morgan fingerprint density at radius 3 is 2.10 bits per heavy atom. The Hall–Kier alpha value is -0.580. The maximum Gasteiger partial charge on any atom is 0.109 e. The van der Waals surface area contributed by atoms with Gasteiger partial charge >= 0.3 is 0 Å². The van der Waals surface area contributed by atoms with Crippen molar-refractivity contribution in [3.05, 3.63) is 12.3 Å². The lowest BCUT2D eigenvalue weighted by Gasteiger charge is -2.16. The Balaban J connectivity index is 3.81. The van der Waals surface area contributed by atoms with E-state index in [1.807, 2.05) is 0 Å². The van der Waals surface area contributed by atoms with Gasteiger partial charge in [-0.05, 0) is 19.2 Å². The molecule has 4 nitrogen and oxygen atoms in total. The van der Waals surface area contributed by atoms with E-state index in [9.17, 15) is 0 Å². The molecule has 0 aliphatic rings. The first kappa shape index (κ1) is 9.42. The zero-order valence-corrected chi connectivity index (χ0v) is 5.81. The largest absolute Gasteiger partial charge is 0.405 e. The predicted molar refractivity (Wildman–Crippen MR) is 37.0 cm³/mol. The van der Waals surface area contributed by atoms with Crippen molar-refractivity contribution in [3.8, 4) is 0 Å². The van der Waals surface area contributed by atoms with E-state index < -0.39 is 18.3 Å².